The zero-order chi connectivity index (χ0) is 12.0. The van der Waals surface area contributed by atoms with Gasteiger partial charge in [-0.2, -0.15) is 0 Å². The Morgan fingerprint density at radius 2 is 2.18 bits per heavy atom. The molecule has 2 aromatic rings. The summed E-state index contributed by atoms with van der Waals surface area (Å²) >= 11 is 0. The highest BCUT2D eigenvalue weighted by Gasteiger charge is 2.47. The van der Waals surface area contributed by atoms with Crippen LogP contribution in [0.15, 0.2) is 27.4 Å². The van der Waals surface area contributed by atoms with Gasteiger partial charge >= 0.3 is 11.7 Å². The van der Waals surface area contributed by atoms with Gasteiger partial charge in [0.1, 0.15) is 0 Å². The topological polar surface area (TPSA) is 83.3 Å². The summed E-state index contributed by atoms with van der Waals surface area (Å²) in [7, 11) is 0. The summed E-state index contributed by atoms with van der Waals surface area (Å²) in [5.41, 5.74) is 0.728. The SMILES string of the molecule is O=C(O)C1(c2cccc3oc(=O)[nH]c23)CCC1. The third-order valence-corrected chi connectivity index (χ3v) is 3.59. The first-order chi connectivity index (χ1) is 8.13. The monoisotopic (exact) mass is 233 g/mol. The van der Waals surface area contributed by atoms with Crippen LogP contribution in [0.3, 0.4) is 0 Å². The number of oxazole rings is 1. The summed E-state index contributed by atoms with van der Waals surface area (Å²) in [6.07, 6.45) is 2.11. The van der Waals surface area contributed by atoms with E-state index < -0.39 is 17.1 Å². The third kappa shape index (κ3) is 1.25. The first kappa shape index (κ1) is 10.1. The lowest BCUT2D eigenvalue weighted by atomic mass is 9.64. The number of H-pyrrole nitrogens is 1. The Morgan fingerprint density at radius 1 is 1.41 bits per heavy atom. The molecule has 1 aliphatic rings. The Balaban J connectivity index is 2.29. The number of nitrogens with one attached hydrogen (secondary N) is 1. The van der Waals surface area contributed by atoms with Crippen molar-refractivity contribution in [3.05, 3.63) is 34.3 Å². The zero-order valence-corrected chi connectivity index (χ0v) is 9.03. The number of hydrogen-bond acceptors (Lipinski definition) is 3. The van der Waals surface area contributed by atoms with Crippen molar-refractivity contribution in [1.82, 2.24) is 4.98 Å². The summed E-state index contributed by atoms with van der Waals surface area (Å²) in [6.45, 7) is 0. The van der Waals surface area contributed by atoms with Crippen LogP contribution in [0.4, 0.5) is 0 Å². The van der Waals surface area contributed by atoms with Crippen molar-refractivity contribution in [2.45, 2.75) is 24.7 Å². The average Bonchev–Trinajstić information content (AvgIpc) is 2.56. The Kier molecular flexibility index (Phi) is 1.92. The molecule has 0 unspecified atom stereocenters. The molecule has 5 heteroatoms. The molecular formula is C12H11NO4. The van der Waals surface area contributed by atoms with Gasteiger partial charge in [0.2, 0.25) is 0 Å². The number of rotatable bonds is 2. The number of carboxylic acid groups (broad SMARTS) is 1. The summed E-state index contributed by atoms with van der Waals surface area (Å²) in [4.78, 5) is 25.2. The van der Waals surface area contributed by atoms with Crippen LogP contribution in [0.1, 0.15) is 24.8 Å². The first-order valence-electron chi connectivity index (χ1n) is 5.49. The van der Waals surface area contributed by atoms with Crippen LogP contribution < -0.4 is 5.76 Å². The molecule has 0 spiro atoms. The highest BCUT2D eigenvalue weighted by atomic mass is 16.4. The Hall–Kier alpha value is -2.04. The standard InChI is InChI=1S/C12H11NO4/c14-10(15)12(5-2-6-12)7-3-1-4-8-9(7)13-11(16)17-8/h1,3-4H,2,5-6H2,(H,13,16)(H,14,15). The lowest BCUT2D eigenvalue weighted by Crippen LogP contribution is -2.42. The maximum Gasteiger partial charge on any atom is 0.417 e. The van der Waals surface area contributed by atoms with Gasteiger partial charge in [0, 0.05) is 0 Å². The van der Waals surface area contributed by atoms with Gasteiger partial charge in [-0.15, -0.1) is 0 Å². The second kappa shape index (κ2) is 3.23. The molecule has 1 saturated carbocycles. The number of aliphatic carboxylic acids is 1. The van der Waals surface area contributed by atoms with Crippen LogP contribution in [0.25, 0.3) is 11.1 Å². The number of aromatic nitrogens is 1. The lowest BCUT2D eigenvalue weighted by Gasteiger charge is -2.38. The zero-order valence-electron chi connectivity index (χ0n) is 9.03. The molecule has 0 radical (unpaired) electrons. The van der Waals surface area contributed by atoms with Gasteiger partial charge in [-0.3, -0.25) is 9.78 Å². The second-order valence-electron chi connectivity index (χ2n) is 4.43. The van der Waals surface area contributed by atoms with Gasteiger partial charge in [0.15, 0.2) is 5.58 Å². The lowest BCUT2D eigenvalue weighted by molar-refractivity contribution is -0.147. The number of hydrogen-bond donors (Lipinski definition) is 2. The molecule has 1 aliphatic carbocycles. The van der Waals surface area contributed by atoms with Crippen molar-refractivity contribution >= 4 is 17.1 Å². The van der Waals surface area contributed by atoms with E-state index in [9.17, 15) is 14.7 Å². The molecule has 17 heavy (non-hydrogen) atoms. The van der Waals surface area contributed by atoms with Crippen LogP contribution in [0.2, 0.25) is 0 Å². The van der Waals surface area contributed by atoms with E-state index in [4.69, 9.17) is 4.42 Å². The van der Waals surface area contributed by atoms with E-state index in [0.29, 0.717) is 29.5 Å². The molecule has 0 amide bonds. The van der Waals surface area contributed by atoms with Crippen LogP contribution in [-0.4, -0.2) is 16.1 Å². The minimum absolute atomic E-state index is 0.417. The second-order valence-corrected chi connectivity index (χ2v) is 4.43. The normalized spacial score (nSPS) is 17.9. The minimum atomic E-state index is -0.855. The highest BCUT2D eigenvalue weighted by molar-refractivity contribution is 5.89. The van der Waals surface area contributed by atoms with Crippen LogP contribution in [0.5, 0.6) is 0 Å². The van der Waals surface area contributed by atoms with E-state index in [2.05, 4.69) is 4.98 Å². The van der Waals surface area contributed by atoms with E-state index in [1.807, 2.05) is 0 Å². The molecule has 1 aromatic heterocycles. The number of benzene rings is 1. The van der Waals surface area contributed by atoms with Gasteiger partial charge < -0.3 is 9.52 Å². The van der Waals surface area contributed by atoms with E-state index in [1.54, 1.807) is 18.2 Å². The molecule has 88 valence electrons. The summed E-state index contributed by atoms with van der Waals surface area (Å²) in [6, 6.07) is 5.13. The molecule has 2 N–H and O–H groups in total. The number of aromatic amines is 1. The molecule has 1 heterocycles. The van der Waals surface area contributed by atoms with Crippen molar-refractivity contribution in [3.63, 3.8) is 0 Å². The van der Waals surface area contributed by atoms with Gasteiger partial charge in [-0.25, -0.2) is 4.79 Å². The van der Waals surface area contributed by atoms with Crippen LogP contribution in [-0.2, 0) is 10.2 Å². The third-order valence-electron chi connectivity index (χ3n) is 3.59. The van der Waals surface area contributed by atoms with Crippen molar-refractivity contribution in [3.8, 4) is 0 Å². The fourth-order valence-corrected chi connectivity index (χ4v) is 2.50. The maximum atomic E-state index is 11.4. The van der Waals surface area contributed by atoms with Gasteiger partial charge in [0.25, 0.3) is 0 Å². The predicted molar refractivity (Wildman–Crippen MR) is 60.0 cm³/mol. The number of carboxylic acids is 1. The van der Waals surface area contributed by atoms with Crippen molar-refractivity contribution in [2.24, 2.45) is 0 Å². The van der Waals surface area contributed by atoms with Gasteiger partial charge in [-0.1, -0.05) is 18.6 Å². The Morgan fingerprint density at radius 3 is 2.76 bits per heavy atom. The average molecular weight is 233 g/mol. The van der Waals surface area contributed by atoms with Gasteiger partial charge in [0.05, 0.1) is 10.9 Å². The number of fused-ring (bicyclic) bond motifs is 1. The van der Waals surface area contributed by atoms with Crippen LogP contribution in [0, 0.1) is 0 Å². The fourth-order valence-electron chi connectivity index (χ4n) is 2.50. The largest absolute Gasteiger partial charge is 0.481 e. The van der Waals surface area contributed by atoms with Crippen LogP contribution >= 0.6 is 0 Å². The number of para-hydroxylation sites is 1. The van der Waals surface area contributed by atoms with E-state index in [1.165, 1.54) is 0 Å². The minimum Gasteiger partial charge on any atom is -0.481 e. The summed E-state index contributed by atoms with van der Waals surface area (Å²) in [5.74, 6) is -1.38. The van der Waals surface area contributed by atoms with E-state index in [0.717, 1.165) is 6.42 Å². The van der Waals surface area contributed by atoms with Crippen molar-refractivity contribution in [2.75, 3.05) is 0 Å². The molecule has 1 fully saturated rings. The molecule has 0 atom stereocenters. The highest BCUT2D eigenvalue weighted by Crippen LogP contribution is 2.45. The Labute approximate surface area is 96.1 Å². The number of carbonyl (C=O) groups is 1. The van der Waals surface area contributed by atoms with Crippen molar-refractivity contribution in [1.29, 1.82) is 0 Å². The molecule has 0 saturated heterocycles. The molecule has 0 aliphatic heterocycles. The fraction of sp³-hybridized carbons (Fsp3) is 0.333. The van der Waals surface area contributed by atoms with E-state index in [-0.39, 0.29) is 0 Å². The predicted octanol–water partition coefficient (Wildman–Crippen LogP) is 1.63. The molecule has 3 rings (SSSR count). The smallest absolute Gasteiger partial charge is 0.417 e. The molecular weight excluding hydrogens is 222 g/mol. The molecule has 0 bridgehead atoms. The summed E-state index contributed by atoms with van der Waals surface area (Å²) < 4.78 is 4.95. The molecule has 5 nitrogen and oxygen atoms in total. The van der Waals surface area contributed by atoms with E-state index >= 15 is 0 Å². The first-order valence-corrected chi connectivity index (χ1v) is 5.49. The molecule has 1 aromatic carbocycles. The Bertz CT molecular complexity index is 648. The maximum absolute atomic E-state index is 11.4. The van der Waals surface area contributed by atoms with Crippen molar-refractivity contribution < 1.29 is 14.3 Å². The summed E-state index contributed by atoms with van der Waals surface area (Å²) in [5, 5.41) is 9.38. The quantitative estimate of drug-likeness (QED) is 0.825. The van der Waals surface area contributed by atoms with Gasteiger partial charge in [-0.05, 0) is 24.5 Å².